The van der Waals surface area contributed by atoms with Gasteiger partial charge in [0.1, 0.15) is 5.82 Å². The van der Waals surface area contributed by atoms with Gasteiger partial charge in [-0.05, 0) is 65.7 Å². The Hall–Kier alpha value is -1.07. The Morgan fingerprint density at radius 2 is 1.62 bits per heavy atom. The number of hydrogen-bond donors (Lipinski definition) is 0. The maximum absolute atomic E-state index is 6.04. The fraction of sp³-hybridized carbons (Fsp3) is 0.688. The predicted octanol–water partition coefficient (Wildman–Crippen LogP) is 3.20. The van der Waals surface area contributed by atoms with Crippen LogP contribution in [0.4, 0.5) is 0 Å². The molecule has 2 fully saturated rings. The second-order valence-corrected chi connectivity index (χ2v) is 6.88. The first kappa shape index (κ1) is 16.3. The predicted molar refractivity (Wildman–Crippen MR) is 88.3 cm³/mol. The smallest absolute Gasteiger partial charge is 0.400 e. The number of likely N-dealkylation sites (tertiary alicyclic amines) is 1. The van der Waals surface area contributed by atoms with E-state index in [0.29, 0.717) is 0 Å². The molecule has 2 saturated heterocycles. The van der Waals surface area contributed by atoms with Crippen molar-refractivity contribution in [3.8, 4) is 0 Å². The van der Waals surface area contributed by atoms with Crippen LogP contribution in [-0.2, 0) is 9.31 Å². The van der Waals surface area contributed by atoms with Crippen LogP contribution in [-0.4, -0.2) is 43.0 Å². The van der Waals surface area contributed by atoms with Crippen LogP contribution in [0.15, 0.2) is 28.4 Å². The van der Waals surface area contributed by atoms with E-state index in [9.17, 15) is 0 Å². The molecule has 2 aliphatic heterocycles. The SMILES string of the molecule is C=N/C(=C\C=C(/C)B1OC(C)(C)C(C)(C)O1)N1CCCC1. The molecule has 21 heavy (non-hydrogen) atoms. The van der Waals surface area contributed by atoms with Crippen molar-refractivity contribution in [2.45, 2.75) is 58.7 Å². The van der Waals surface area contributed by atoms with Crippen molar-refractivity contribution < 1.29 is 9.31 Å². The summed E-state index contributed by atoms with van der Waals surface area (Å²) in [4.78, 5) is 6.40. The summed E-state index contributed by atoms with van der Waals surface area (Å²) in [6, 6.07) is 0. The van der Waals surface area contributed by atoms with Crippen LogP contribution in [0.1, 0.15) is 47.5 Å². The Labute approximate surface area is 129 Å². The summed E-state index contributed by atoms with van der Waals surface area (Å²) in [7, 11) is -0.295. The Bertz CT molecular complexity index is 447. The number of nitrogens with zero attached hydrogens (tertiary/aromatic N) is 2. The molecule has 0 aromatic carbocycles. The van der Waals surface area contributed by atoms with Crippen LogP contribution in [0.5, 0.6) is 0 Å². The number of aliphatic imine (C=N–C) groups is 1. The van der Waals surface area contributed by atoms with Gasteiger partial charge in [0.2, 0.25) is 0 Å². The molecule has 0 atom stereocenters. The zero-order valence-corrected chi connectivity index (χ0v) is 14.0. The van der Waals surface area contributed by atoms with Crippen LogP contribution < -0.4 is 0 Å². The second-order valence-electron chi connectivity index (χ2n) is 6.88. The first-order chi connectivity index (χ1) is 9.77. The highest BCUT2D eigenvalue weighted by Gasteiger charge is 2.51. The maximum Gasteiger partial charge on any atom is 0.490 e. The van der Waals surface area contributed by atoms with Crippen molar-refractivity contribution in [1.82, 2.24) is 4.90 Å². The van der Waals surface area contributed by atoms with Gasteiger partial charge in [0, 0.05) is 13.1 Å². The Morgan fingerprint density at radius 3 is 2.10 bits per heavy atom. The van der Waals surface area contributed by atoms with Gasteiger partial charge in [-0.25, -0.2) is 4.99 Å². The van der Waals surface area contributed by atoms with Crippen molar-refractivity contribution in [1.29, 1.82) is 0 Å². The molecule has 5 heteroatoms. The largest absolute Gasteiger partial charge is 0.490 e. The molecule has 2 rings (SSSR count). The minimum atomic E-state index is -0.301. The molecule has 0 amide bonds. The van der Waals surface area contributed by atoms with Gasteiger partial charge in [0.25, 0.3) is 0 Å². The summed E-state index contributed by atoms with van der Waals surface area (Å²) in [5.41, 5.74) is 0.449. The molecular weight excluding hydrogens is 263 g/mol. The van der Waals surface area contributed by atoms with Crippen LogP contribution in [0.25, 0.3) is 0 Å². The molecule has 0 spiro atoms. The van der Waals surface area contributed by atoms with Crippen molar-refractivity contribution in [3.63, 3.8) is 0 Å². The Kier molecular flexibility index (Phi) is 4.64. The zero-order chi connectivity index (χ0) is 15.7. The van der Waals surface area contributed by atoms with E-state index in [2.05, 4.69) is 44.3 Å². The van der Waals surface area contributed by atoms with E-state index >= 15 is 0 Å². The van der Waals surface area contributed by atoms with Gasteiger partial charge in [0.15, 0.2) is 0 Å². The Morgan fingerprint density at radius 1 is 1.10 bits per heavy atom. The van der Waals surface area contributed by atoms with E-state index in [1.165, 1.54) is 12.8 Å². The minimum Gasteiger partial charge on any atom is -0.400 e. The van der Waals surface area contributed by atoms with Gasteiger partial charge in [-0.3, -0.25) is 0 Å². The molecule has 0 aliphatic carbocycles. The van der Waals surface area contributed by atoms with Gasteiger partial charge in [-0.15, -0.1) is 0 Å². The lowest BCUT2D eigenvalue weighted by atomic mass is 9.79. The average Bonchev–Trinajstić information content (AvgIpc) is 2.97. The quantitative estimate of drug-likeness (QED) is 0.453. The summed E-state index contributed by atoms with van der Waals surface area (Å²) in [6.45, 7) is 16.1. The molecule has 0 radical (unpaired) electrons. The van der Waals surface area contributed by atoms with Crippen LogP contribution in [0, 0.1) is 0 Å². The topological polar surface area (TPSA) is 34.1 Å². The third-order valence-electron chi connectivity index (χ3n) is 4.71. The normalized spacial score (nSPS) is 25.6. The van der Waals surface area contributed by atoms with Crippen LogP contribution >= 0.6 is 0 Å². The van der Waals surface area contributed by atoms with Crippen molar-refractivity contribution in [2.24, 2.45) is 4.99 Å². The highest BCUT2D eigenvalue weighted by molar-refractivity contribution is 6.54. The maximum atomic E-state index is 6.04. The summed E-state index contributed by atoms with van der Waals surface area (Å²) in [5, 5.41) is 0. The summed E-state index contributed by atoms with van der Waals surface area (Å²) in [6.07, 6.45) is 6.50. The molecule has 4 nitrogen and oxygen atoms in total. The van der Waals surface area contributed by atoms with Crippen LogP contribution in [0.2, 0.25) is 0 Å². The van der Waals surface area contributed by atoms with Crippen LogP contribution in [0.3, 0.4) is 0 Å². The lowest BCUT2D eigenvalue weighted by molar-refractivity contribution is 0.00578. The number of rotatable bonds is 4. The molecule has 0 N–H and O–H groups in total. The Balaban J connectivity index is 2.09. The number of allylic oxidation sites excluding steroid dienone is 3. The number of hydrogen-bond acceptors (Lipinski definition) is 4. The minimum absolute atomic E-state index is 0.295. The lowest BCUT2D eigenvalue weighted by Crippen LogP contribution is -2.41. The lowest BCUT2D eigenvalue weighted by Gasteiger charge is -2.32. The first-order valence-electron chi connectivity index (χ1n) is 7.72. The average molecular weight is 290 g/mol. The van der Waals surface area contributed by atoms with E-state index < -0.39 is 0 Å². The monoisotopic (exact) mass is 290 g/mol. The van der Waals surface area contributed by atoms with E-state index in [4.69, 9.17) is 9.31 Å². The fourth-order valence-corrected chi connectivity index (χ4v) is 2.52. The van der Waals surface area contributed by atoms with Crippen molar-refractivity contribution >= 4 is 13.8 Å². The van der Waals surface area contributed by atoms with Gasteiger partial charge in [-0.1, -0.05) is 6.08 Å². The fourth-order valence-electron chi connectivity index (χ4n) is 2.52. The van der Waals surface area contributed by atoms with Gasteiger partial charge < -0.3 is 14.2 Å². The third kappa shape index (κ3) is 3.41. The summed E-state index contributed by atoms with van der Waals surface area (Å²) in [5.74, 6) is 0.934. The molecule has 0 aromatic heterocycles. The van der Waals surface area contributed by atoms with E-state index in [1.807, 2.05) is 19.1 Å². The zero-order valence-electron chi connectivity index (χ0n) is 14.0. The highest BCUT2D eigenvalue weighted by atomic mass is 16.7. The van der Waals surface area contributed by atoms with E-state index in [0.717, 1.165) is 24.4 Å². The van der Waals surface area contributed by atoms with E-state index in [1.54, 1.807) is 0 Å². The second kappa shape index (κ2) is 5.97. The first-order valence-corrected chi connectivity index (χ1v) is 7.72. The molecule has 0 unspecified atom stereocenters. The molecule has 0 aromatic rings. The van der Waals surface area contributed by atoms with Gasteiger partial charge in [0.05, 0.1) is 11.2 Å². The van der Waals surface area contributed by atoms with Crippen molar-refractivity contribution in [2.75, 3.05) is 13.1 Å². The summed E-state index contributed by atoms with van der Waals surface area (Å²) >= 11 is 0. The van der Waals surface area contributed by atoms with Crippen molar-refractivity contribution in [3.05, 3.63) is 23.4 Å². The third-order valence-corrected chi connectivity index (χ3v) is 4.71. The van der Waals surface area contributed by atoms with Gasteiger partial charge >= 0.3 is 7.12 Å². The van der Waals surface area contributed by atoms with Gasteiger partial charge in [-0.2, -0.15) is 0 Å². The molecule has 116 valence electrons. The molecular formula is C16H27BN2O2. The molecule has 2 aliphatic rings. The standard InChI is InChI=1S/C16H27BN2O2/c1-13(17-20-15(2,3)16(4,5)21-17)9-10-14(18-6)19-11-7-8-12-19/h9-10H,6-8,11-12H2,1-5H3/b13-9+,14-10+. The molecule has 0 saturated carbocycles. The van der Waals surface area contributed by atoms with E-state index in [-0.39, 0.29) is 18.3 Å². The highest BCUT2D eigenvalue weighted by Crippen LogP contribution is 2.38. The summed E-state index contributed by atoms with van der Waals surface area (Å²) < 4.78 is 12.1. The molecule has 0 bridgehead atoms. The molecule has 2 heterocycles.